The van der Waals surface area contributed by atoms with Crippen molar-refractivity contribution in [2.75, 3.05) is 18.8 Å². The molecule has 1 aliphatic heterocycles. The van der Waals surface area contributed by atoms with Crippen LogP contribution < -0.4 is 15.8 Å². The molecule has 1 saturated heterocycles. The van der Waals surface area contributed by atoms with Crippen LogP contribution in [0.1, 0.15) is 46.9 Å². The van der Waals surface area contributed by atoms with Crippen molar-refractivity contribution in [2.24, 2.45) is 5.73 Å². The van der Waals surface area contributed by atoms with E-state index in [1.165, 1.54) is 4.31 Å². The summed E-state index contributed by atoms with van der Waals surface area (Å²) < 4.78 is 31.5. The Bertz CT molecular complexity index is 1010. The molecule has 0 spiro atoms. The van der Waals surface area contributed by atoms with Gasteiger partial charge in [-0.1, -0.05) is 6.92 Å². The zero-order chi connectivity index (χ0) is 22.4. The Morgan fingerprint density at radius 3 is 2.00 bits per heavy atom. The minimum atomic E-state index is -3.19. The summed E-state index contributed by atoms with van der Waals surface area (Å²) >= 11 is 0. The summed E-state index contributed by atoms with van der Waals surface area (Å²) in [5.74, 6) is 0.556. The third-order valence-electron chi connectivity index (χ3n) is 5.14. The predicted octanol–water partition coefficient (Wildman–Crippen LogP) is 2.51. The second kappa shape index (κ2) is 9.93. The summed E-state index contributed by atoms with van der Waals surface area (Å²) in [7, 11) is -3.19. The lowest BCUT2D eigenvalue weighted by Gasteiger charge is -2.31. The number of ether oxygens (including phenoxy) is 1. The highest BCUT2D eigenvalue weighted by Crippen LogP contribution is 2.22. The minimum Gasteiger partial charge on any atom is -0.457 e. The first kappa shape index (κ1) is 22.8. The van der Waals surface area contributed by atoms with Gasteiger partial charge in [-0.2, -0.15) is 0 Å². The van der Waals surface area contributed by atoms with Crippen molar-refractivity contribution in [1.29, 1.82) is 0 Å². The first-order chi connectivity index (χ1) is 14.8. The Labute approximate surface area is 182 Å². The summed E-state index contributed by atoms with van der Waals surface area (Å²) in [6.07, 6.45) is 1.78. The van der Waals surface area contributed by atoms with Gasteiger partial charge in [0.1, 0.15) is 11.5 Å². The summed E-state index contributed by atoms with van der Waals surface area (Å²) in [5.41, 5.74) is 6.11. The number of nitrogens with zero attached hydrogens (tertiary/aromatic N) is 1. The zero-order valence-corrected chi connectivity index (χ0v) is 18.2. The van der Waals surface area contributed by atoms with Gasteiger partial charge in [0.25, 0.3) is 5.91 Å². The number of hydrogen-bond acceptors (Lipinski definition) is 5. The molecule has 8 nitrogen and oxygen atoms in total. The summed E-state index contributed by atoms with van der Waals surface area (Å²) in [6, 6.07) is 13.1. The molecule has 3 rings (SSSR count). The van der Waals surface area contributed by atoms with Crippen molar-refractivity contribution in [3.05, 3.63) is 59.7 Å². The fraction of sp³-hybridized carbons (Fsp3) is 0.364. The quantitative estimate of drug-likeness (QED) is 0.647. The smallest absolute Gasteiger partial charge is 0.251 e. The number of hydrogen-bond donors (Lipinski definition) is 2. The Balaban J connectivity index is 1.52. The van der Waals surface area contributed by atoms with E-state index in [4.69, 9.17) is 10.5 Å². The van der Waals surface area contributed by atoms with Gasteiger partial charge in [0.2, 0.25) is 15.9 Å². The number of rotatable bonds is 8. The van der Waals surface area contributed by atoms with E-state index in [-0.39, 0.29) is 17.7 Å². The monoisotopic (exact) mass is 445 g/mol. The van der Waals surface area contributed by atoms with Crippen LogP contribution >= 0.6 is 0 Å². The molecule has 2 aromatic carbocycles. The van der Waals surface area contributed by atoms with Crippen LogP contribution in [0.3, 0.4) is 0 Å². The van der Waals surface area contributed by atoms with Crippen LogP contribution in [0.5, 0.6) is 11.5 Å². The molecule has 31 heavy (non-hydrogen) atoms. The van der Waals surface area contributed by atoms with Crippen LogP contribution in [0.2, 0.25) is 0 Å². The molecular weight excluding hydrogens is 418 g/mol. The molecule has 0 aromatic heterocycles. The summed E-state index contributed by atoms with van der Waals surface area (Å²) in [6.45, 7) is 2.70. The van der Waals surface area contributed by atoms with Crippen LogP contribution in [0.25, 0.3) is 0 Å². The van der Waals surface area contributed by atoms with Gasteiger partial charge in [-0.3, -0.25) is 9.59 Å². The molecule has 0 bridgehead atoms. The third-order valence-corrected chi connectivity index (χ3v) is 7.21. The first-order valence-electron chi connectivity index (χ1n) is 10.2. The molecule has 2 amide bonds. The largest absolute Gasteiger partial charge is 0.457 e. The third kappa shape index (κ3) is 6.05. The highest BCUT2D eigenvalue weighted by atomic mass is 32.2. The Kier molecular flexibility index (Phi) is 7.29. The van der Waals surface area contributed by atoms with Gasteiger partial charge in [0.05, 0.1) is 5.75 Å². The fourth-order valence-corrected chi connectivity index (χ4v) is 4.97. The van der Waals surface area contributed by atoms with E-state index in [0.29, 0.717) is 55.0 Å². The topological polar surface area (TPSA) is 119 Å². The van der Waals surface area contributed by atoms with Crippen molar-refractivity contribution < 1.29 is 22.7 Å². The standard InChI is InChI=1S/C22H27N3O5S/c1-2-15-31(28,29)25-13-11-18(12-14-25)24-22(27)17-5-9-20(10-6-17)30-19-7-3-16(4-8-19)21(23)26/h3-10,18H,2,11-15H2,1H3,(H2,23,26)(H,24,27). The van der Waals surface area contributed by atoms with Gasteiger partial charge >= 0.3 is 0 Å². The minimum absolute atomic E-state index is 0.0553. The van der Waals surface area contributed by atoms with Crippen molar-refractivity contribution in [3.8, 4) is 11.5 Å². The molecule has 9 heteroatoms. The lowest BCUT2D eigenvalue weighted by Crippen LogP contribution is -2.47. The molecule has 0 unspecified atom stereocenters. The van der Waals surface area contributed by atoms with Gasteiger partial charge in [-0.15, -0.1) is 0 Å². The van der Waals surface area contributed by atoms with E-state index in [1.54, 1.807) is 48.5 Å². The zero-order valence-electron chi connectivity index (χ0n) is 17.4. The molecule has 0 atom stereocenters. The summed E-state index contributed by atoms with van der Waals surface area (Å²) in [5, 5.41) is 2.98. The van der Waals surface area contributed by atoms with Crippen LogP contribution in [-0.2, 0) is 10.0 Å². The van der Waals surface area contributed by atoms with E-state index in [2.05, 4.69) is 5.32 Å². The van der Waals surface area contributed by atoms with Crippen molar-refractivity contribution >= 4 is 21.8 Å². The normalized spacial score (nSPS) is 15.4. The number of nitrogens with one attached hydrogen (secondary N) is 1. The molecule has 2 aromatic rings. The average molecular weight is 446 g/mol. The Morgan fingerprint density at radius 2 is 1.52 bits per heavy atom. The maximum atomic E-state index is 12.5. The van der Waals surface area contributed by atoms with Gasteiger partial charge in [0, 0.05) is 30.3 Å². The van der Waals surface area contributed by atoms with Gasteiger partial charge in [-0.25, -0.2) is 12.7 Å². The number of amides is 2. The van der Waals surface area contributed by atoms with Crippen molar-refractivity contribution in [2.45, 2.75) is 32.2 Å². The van der Waals surface area contributed by atoms with Gasteiger partial charge < -0.3 is 15.8 Å². The molecule has 1 aliphatic rings. The lowest BCUT2D eigenvalue weighted by molar-refractivity contribution is 0.0923. The number of carbonyl (C=O) groups is 2. The van der Waals surface area contributed by atoms with Crippen molar-refractivity contribution in [1.82, 2.24) is 9.62 Å². The number of carbonyl (C=O) groups excluding carboxylic acids is 2. The molecule has 0 radical (unpaired) electrons. The van der Waals surface area contributed by atoms with Crippen molar-refractivity contribution in [3.63, 3.8) is 0 Å². The van der Waals surface area contributed by atoms with Gasteiger partial charge in [0.15, 0.2) is 0 Å². The average Bonchev–Trinajstić information content (AvgIpc) is 2.75. The van der Waals surface area contributed by atoms with E-state index in [9.17, 15) is 18.0 Å². The van der Waals surface area contributed by atoms with Crippen LogP contribution in [0, 0.1) is 0 Å². The van der Waals surface area contributed by atoms with E-state index in [0.717, 1.165) is 0 Å². The molecule has 1 heterocycles. The highest BCUT2D eigenvalue weighted by Gasteiger charge is 2.28. The molecule has 1 fully saturated rings. The lowest BCUT2D eigenvalue weighted by atomic mass is 10.1. The predicted molar refractivity (Wildman–Crippen MR) is 118 cm³/mol. The number of benzene rings is 2. The molecule has 0 saturated carbocycles. The van der Waals surface area contributed by atoms with E-state index >= 15 is 0 Å². The molecular formula is C22H27N3O5S. The molecule has 166 valence electrons. The van der Waals surface area contributed by atoms with Crippen LogP contribution in [0.4, 0.5) is 0 Å². The SMILES string of the molecule is CCCS(=O)(=O)N1CCC(NC(=O)c2ccc(Oc3ccc(C(N)=O)cc3)cc2)CC1. The number of piperidine rings is 1. The Morgan fingerprint density at radius 1 is 1.00 bits per heavy atom. The summed E-state index contributed by atoms with van der Waals surface area (Å²) in [4.78, 5) is 23.7. The number of nitrogens with two attached hydrogens (primary N) is 1. The van der Waals surface area contributed by atoms with Crippen LogP contribution in [-0.4, -0.2) is 49.4 Å². The fourth-order valence-electron chi connectivity index (χ4n) is 3.43. The van der Waals surface area contributed by atoms with Gasteiger partial charge in [-0.05, 0) is 67.8 Å². The molecule has 0 aliphatic carbocycles. The number of sulfonamides is 1. The van der Waals surface area contributed by atoms with Crippen LogP contribution in [0.15, 0.2) is 48.5 Å². The first-order valence-corrected chi connectivity index (χ1v) is 11.9. The number of primary amides is 1. The Hall–Kier alpha value is -2.91. The maximum Gasteiger partial charge on any atom is 0.251 e. The molecule has 3 N–H and O–H groups in total. The highest BCUT2D eigenvalue weighted by molar-refractivity contribution is 7.89. The second-order valence-corrected chi connectivity index (χ2v) is 9.57. The second-order valence-electron chi connectivity index (χ2n) is 7.48. The maximum absolute atomic E-state index is 12.5. The van der Waals surface area contributed by atoms with E-state index in [1.807, 2.05) is 6.92 Å². The van der Waals surface area contributed by atoms with E-state index < -0.39 is 15.9 Å².